The molecule has 1 aliphatic carbocycles. The first-order valence-corrected chi connectivity index (χ1v) is 6.65. The molecule has 1 unspecified atom stereocenters. The van der Waals surface area contributed by atoms with Crippen LogP contribution in [-0.4, -0.2) is 6.04 Å². The van der Waals surface area contributed by atoms with Crippen LogP contribution >= 0.6 is 11.6 Å². The van der Waals surface area contributed by atoms with Crippen molar-refractivity contribution in [2.24, 2.45) is 22.5 Å². The van der Waals surface area contributed by atoms with Gasteiger partial charge in [0.05, 0.1) is 0 Å². The minimum atomic E-state index is 0.194. The molecule has 0 aromatic heterocycles. The standard InChI is InChI=1S/C15H22ClN/c1-14(2)13(15(14,3)4)12(17)9-10-7-5-6-8-11(10)16/h5-8,12-13H,9,17H2,1-4H3. The number of hydrogen-bond acceptors (Lipinski definition) is 1. The lowest BCUT2D eigenvalue weighted by molar-refractivity contribution is 0.457. The minimum Gasteiger partial charge on any atom is -0.327 e. The van der Waals surface area contributed by atoms with Gasteiger partial charge >= 0.3 is 0 Å². The van der Waals surface area contributed by atoms with Gasteiger partial charge in [0.2, 0.25) is 0 Å². The van der Waals surface area contributed by atoms with Crippen LogP contribution in [0.2, 0.25) is 5.02 Å². The highest BCUT2D eigenvalue weighted by atomic mass is 35.5. The summed E-state index contributed by atoms with van der Waals surface area (Å²) in [6, 6.07) is 8.19. The summed E-state index contributed by atoms with van der Waals surface area (Å²) < 4.78 is 0. The largest absolute Gasteiger partial charge is 0.327 e. The summed E-state index contributed by atoms with van der Waals surface area (Å²) in [5.41, 5.74) is 8.22. The Morgan fingerprint density at radius 2 is 1.71 bits per heavy atom. The zero-order valence-corrected chi connectivity index (χ0v) is 11.9. The molecule has 1 nitrogen and oxygen atoms in total. The summed E-state index contributed by atoms with van der Waals surface area (Å²) in [5, 5.41) is 0.833. The van der Waals surface area contributed by atoms with E-state index in [-0.39, 0.29) is 6.04 Å². The molecule has 0 aliphatic heterocycles. The molecule has 0 amide bonds. The lowest BCUT2D eigenvalue weighted by Crippen LogP contribution is -2.28. The molecule has 2 N–H and O–H groups in total. The van der Waals surface area contributed by atoms with E-state index >= 15 is 0 Å². The smallest absolute Gasteiger partial charge is 0.0438 e. The van der Waals surface area contributed by atoms with Crippen LogP contribution in [0.25, 0.3) is 0 Å². The molecule has 94 valence electrons. The minimum absolute atomic E-state index is 0.194. The molecule has 0 saturated heterocycles. The molecule has 1 saturated carbocycles. The molecule has 17 heavy (non-hydrogen) atoms. The third kappa shape index (κ3) is 2.00. The Bertz CT molecular complexity index is 409. The Balaban J connectivity index is 2.10. The van der Waals surface area contributed by atoms with Crippen LogP contribution in [0.5, 0.6) is 0 Å². The normalized spacial score (nSPS) is 23.4. The Morgan fingerprint density at radius 1 is 1.18 bits per heavy atom. The van der Waals surface area contributed by atoms with Crippen molar-refractivity contribution in [2.75, 3.05) is 0 Å². The summed E-state index contributed by atoms with van der Waals surface area (Å²) in [4.78, 5) is 0. The van der Waals surface area contributed by atoms with E-state index in [4.69, 9.17) is 17.3 Å². The van der Waals surface area contributed by atoms with Gasteiger partial charge in [0.25, 0.3) is 0 Å². The maximum Gasteiger partial charge on any atom is 0.0438 e. The third-order valence-electron chi connectivity index (χ3n) is 4.97. The van der Waals surface area contributed by atoms with E-state index in [1.54, 1.807) is 0 Å². The van der Waals surface area contributed by atoms with Crippen LogP contribution in [-0.2, 0) is 6.42 Å². The van der Waals surface area contributed by atoms with Gasteiger partial charge in [-0.1, -0.05) is 57.5 Å². The van der Waals surface area contributed by atoms with E-state index in [0.717, 1.165) is 11.4 Å². The molecule has 1 aromatic rings. The summed E-state index contributed by atoms with van der Waals surface area (Å²) in [7, 11) is 0. The second kappa shape index (κ2) is 4.00. The Kier molecular flexibility index (Phi) is 3.04. The van der Waals surface area contributed by atoms with Crippen molar-refractivity contribution in [1.29, 1.82) is 0 Å². The average molecular weight is 252 g/mol. The first-order valence-electron chi connectivity index (χ1n) is 6.27. The van der Waals surface area contributed by atoms with Crippen molar-refractivity contribution in [3.63, 3.8) is 0 Å². The second-order valence-electron chi connectivity index (χ2n) is 6.38. The van der Waals surface area contributed by atoms with Gasteiger partial charge in [0, 0.05) is 11.1 Å². The first-order chi connectivity index (χ1) is 7.78. The third-order valence-corrected chi connectivity index (χ3v) is 5.34. The van der Waals surface area contributed by atoms with Gasteiger partial charge in [-0.15, -0.1) is 0 Å². The Hall–Kier alpha value is -0.530. The number of rotatable bonds is 3. The topological polar surface area (TPSA) is 26.0 Å². The van der Waals surface area contributed by atoms with Crippen molar-refractivity contribution < 1.29 is 0 Å². The highest BCUT2D eigenvalue weighted by Crippen LogP contribution is 2.69. The van der Waals surface area contributed by atoms with Gasteiger partial charge < -0.3 is 5.73 Å². The highest BCUT2D eigenvalue weighted by Gasteiger charge is 2.66. The van der Waals surface area contributed by atoms with Crippen molar-refractivity contribution in [1.82, 2.24) is 0 Å². The zero-order valence-electron chi connectivity index (χ0n) is 11.1. The molecule has 0 heterocycles. The van der Waals surface area contributed by atoms with E-state index < -0.39 is 0 Å². The van der Waals surface area contributed by atoms with E-state index in [0.29, 0.717) is 16.7 Å². The van der Waals surface area contributed by atoms with Crippen LogP contribution in [0, 0.1) is 16.7 Å². The number of nitrogens with two attached hydrogens (primary N) is 1. The number of halogens is 1. The fraction of sp³-hybridized carbons (Fsp3) is 0.600. The maximum atomic E-state index is 6.37. The molecule has 0 spiro atoms. The SMILES string of the molecule is CC1(C)C(C(N)Cc2ccccc2Cl)C1(C)C. The number of hydrogen-bond donors (Lipinski definition) is 1. The molecule has 2 heteroatoms. The van der Waals surface area contributed by atoms with Crippen molar-refractivity contribution in [3.05, 3.63) is 34.9 Å². The van der Waals surface area contributed by atoms with E-state index in [1.165, 1.54) is 5.56 Å². The van der Waals surface area contributed by atoms with E-state index in [9.17, 15) is 0 Å². The summed E-state index contributed by atoms with van der Waals surface area (Å²) >= 11 is 6.18. The molecular formula is C15H22ClN. The monoisotopic (exact) mass is 251 g/mol. The summed E-state index contributed by atoms with van der Waals surface area (Å²) in [6.07, 6.45) is 0.872. The average Bonchev–Trinajstić information content (AvgIpc) is 2.61. The van der Waals surface area contributed by atoms with Crippen LogP contribution in [0.3, 0.4) is 0 Å². The number of benzene rings is 1. The summed E-state index contributed by atoms with van der Waals surface area (Å²) in [6.45, 7) is 9.24. The quantitative estimate of drug-likeness (QED) is 0.867. The predicted octanol–water partition coefficient (Wildman–Crippen LogP) is 3.89. The van der Waals surface area contributed by atoms with Gasteiger partial charge in [0.15, 0.2) is 0 Å². The Morgan fingerprint density at radius 3 is 2.18 bits per heavy atom. The molecule has 1 fully saturated rings. The van der Waals surface area contributed by atoms with Crippen LogP contribution in [0.4, 0.5) is 0 Å². The van der Waals surface area contributed by atoms with Crippen molar-refractivity contribution in [2.45, 2.75) is 40.2 Å². The molecule has 0 radical (unpaired) electrons. The van der Waals surface area contributed by atoms with E-state index in [1.807, 2.05) is 18.2 Å². The highest BCUT2D eigenvalue weighted by molar-refractivity contribution is 6.31. The summed E-state index contributed by atoms with van der Waals surface area (Å²) in [5.74, 6) is 0.575. The van der Waals surface area contributed by atoms with Crippen LogP contribution in [0.15, 0.2) is 24.3 Å². The zero-order chi connectivity index (χ0) is 12.8. The predicted molar refractivity (Wildman–Crippen MR) is 74.2 cm³/mol. The molecule has 1 atom stereocenters. The Labute approximate surface area is 109 Å². The van der Waals surface area contributed by atoms with Gasteiger partial charge in [-0.05, 0) is 34.8 Å². The maximum absolute atomic E-state index is 6.37. The van der Waals surface area contributed by atoms with Gasteiger partial charge in [0.1, 0.15) is 0 Å². The fourth-order valence-electron chi connectivity index (χ4n) is 3.35. The lowest BCUT2D eigenvalue weighted by Gasteiger charge is -2.14. The van der Waals surface area contributed by atoms with Gasteiger partial charge in [-0.25, -0.2) is 0 Å². The van der Waals surface area contributed by atoms with Crippen LogP contribution in [0.1, 0.15) is 33.3 Å². The molecule has 1 aliphatic rings. The van der Waals surface area contributed by atoms with Crippen molar-refractivity contribution in [3.8, 4) is 0 Å². The second-order valence-corrected chi connectivity index (χ2v) is 6.79. The molecular weight excluding hydrogens is 230 g/mol. The van der Waals surface area contributed by atoms with E-state index in [2.05, 4.69) is 33.8 Å². The van der Waals surface area contributed by atoms with Crippen LogP contribution < -0.4 is 5.73 Å². The molecule has 1 aromatic carbocycles. The first kappa shape index (κ1) is 12.9. The van der Waals surface area contributed by atoms with Gasteiger partial charge in [-0.2, -0.15) is 0 Å². The molecule has 0 bridgehead atoms. The van der Waals surface area contributed by atoms with Crippen molar-refractivity contribution >= 4 is 11.6 Å². The lowest BCUT2D eigenvalue weighted by atomic mass is 9.98. The fourth-order valence-corrected chi connectivity index (χ4v) is 3.57. The molecule has 2 rings (SSSR count). The van der Waals surface area contributed by atoms with Gasteiger partial charge in [-0.3, -0.25) is 0 Å².